The molecule has 0 spiro atoms. The molecule has 0 unspecified atom stereocenters. The van der Waals surface area contributed by atoms with Crippen LogP contribution in [-0.2, 0) is 11.2 Å². The van der Waals surface area contributed by atoms with Gasteiger partial charge in [0.25, 0.3) is 11.8 Å². The average molecular weight is 547 g/mol. The van der Waals surface area contributed by atoms with Crippen LogP contribution in [0.4, 0.5) is 5.69 Å². The first-order chi connectivity index (χ1) is 19.9. The number of aromatic amines is 1. The summed E-state index contributed by atoms with van der Waals surface area (Å²) in [6, 6.07) is 25.8. The predicted octanol–water partition coefficient (Wildman–Crippen LogP) is 5.67. The van der Waals surface area contributed by atoms with Crippen LogP contribution in [0.1, 0.15) is 32.7 Å². The fourth-order valence-electron chi connectivity index (χ4n) is 4.97. The zero-order valence-electron chi connectivity index (χ0n) is 22.7. The molecule has 0 radical (unpaired) electrons. The lowest BCUT2D eigenvalue weighted by atomic mass is 9.94. The Bertz CT molecular complexity index is 1700. The number of H-pyrrole nitrogens is 1. The topological polar surface area (TPSA) is 107 Å². The van der Waals surface area contributed by atoms with E-state index in [1.54, 1.807) is 60.7 Å². The van der Waals surface area contributed by atoms with Gasteiger partial charge in [-0.15, -0.1) is 0 Å². The van der Waals surface area contributed by atoms with Crippen molar-refractivity contribution in [2.24, 2.45) is 0 Å². The van der Waals surface area contributed by atoms with Crippen molar-refractivity contribution in [2.75, 3.05) is 25.0 Å². The van der Waals surface area contributed by atoms with Crippen molar-refractivity contribution in [3.8, 4) is 11.1 Å². The summed E-state index contributed by atoms with van der Waals surface area (Å²) >= 11 is 0. The fourth-order valence-corrected chi connectivity index (χ4v) is 4.97. The summed E-state index contributed by atoms with van der Waals surface area (Å²) in [5.74, 6) is -1.50. The highest BCUT2D eigenvalue weighted by Crippen LogP contribution is 2.30. The molecule has 0 fully saturated rings. The minimum atomic E-state index is -0.974. The molecule has 41 heavy (non-hydrogen) atoms. The second-order valence-electron chi connectivity index (χ2n) is 9.71. The third-order valence-corrected chi connectivity index (χ3v) is 7.15. The van der Waals surface area contributed by atoms with E-state index in [4.69, 9.17) is 0 Å². The maximum atomic E-state index is 14.0. The molecule has 0 bridgehead atoms. The Morgan fingerprint density at radius 2 is 1.46 bits per heavy atom. The number of nitrogens with one attached hydrogen (secondary N) is 1. The Morgan fingerprint density at radius 3 is 2.15 bits per heavy atom. The number of fused-ring (bicyclic) bond motifs is 1. The minimum Gasteiger partial charge on any atom is -0.481 e. The van der Waals surface area contributed by atoms with Gasteiger partial charge in [-0.2, -0.15) is 0 Å². The second kappa shape index (κ2) is 12.3. The van der Waals surface area contributed by atoms with Crippen LogP contribution in [0.2, 0.25) is 0 Å². The molecular weight excluding hydrogens is 516 g/mol. The van der Waals surface area contributed by atoms with Crippen LogP contribution < -0.4 is 4.90 Å². The van der Waals surface area contributed by atoms with Crippen molar-refractivity contribution >= 4 is 34.4 Å². The number of rotatable bonds is 10. The SMILES string of the molecule is CN(C(=O)c1ccccc1-c1ccccc1C(=O)N(CCC(=O)O)CCc1c[nH]c2ccccc12)c1cccnc1. The van der Waals surface area contributed by atoms with Gasteiger partial charge in [0.15, 0.2) is 0 Å². The highest BCUT2D eigenvalue weighted by molar-refractivity contribution is 6.11. The number of anilines is 1. The van der Waals surface area contributed by atoms with E-state index in [0.717, 1.165) is 16.5 Å². The highest BCUT2D eigenvalue weighted by Gasteiger charge is 2.24. The molecule has 0 atom stereocenters. The molecule has 0 saturated carbocycles. The van der Waals surface area contributed by atoms with Gasteiger partial charge in [0.05, 0.1) is 18.3 Å². The number of aliphatic carboxylic acids is 1. The fraction of sp³-hybridized carbons (Fsp3) is 0.152. The molecule has 2 aromatic heterocycles. The van der Waals surface area contributed by atoms with Crippen molar-refractivity contribution in [3.05, 3.63) is 120 Å². The zero-order chi connectivity index (χ0) is 28.8. The van der Waals surface area contributed by atoms with Crippen molar-refractivity contribution in [2.45, 2.75) is 12.8 Å². The Kier molecular flexibility index (Phi) is 8.20. The predicted molar refractivity (Wildman–Crippen MR) is 159 cm³/mol. The van der Waals surface area contributed by atoms with E-state index in [9.17, 15) is 19.5 Å². The molecule has 5 aromatic rings. The summed E-state index contributed by atoms with van der Waals surface area (Å²) in [6.07, 6.45) is 5.58. The molecule has 0 aliphatic carbocycles. The molecule has 0 aliphatic heterocycles. The molecule has 8 heteroatoms. The van der Waals surface area contributed by atoms with Gasteiger partial charge in [0.1, 0.15) is 0 Å². The van der Waals surface area contributed by atoms with Gasteiger partial charge in [0.2, 0.25) is 0 Å². The van der Waals surface area contributed by atoms with E-state index < -0.39 is 5.97 Å². The largest absolute Gasteiger partial charge is 0.481 e. The number of nitrogens with zero attached hydrogens (tertiary/aromatic N) is 3. The summed E-state index contributed by atoms with van der Waals surface area (Å²) in [5, 5.41) is 10.5. The lowest BCUT2D eigenvalue weighted by molar-refractivity contribution is -0.137. The minimum absolute atomic E-state index is 0.0647. The van der Waals surface area contributed by atoms with Crippen molar-refractivity contribution < 1.29 is 19.5 Å². The smallest absolute Gasteiger partial charge is 0.305 e. The zero-order valence-corrected chi connectivity index (χ0v) is 22.7. The Morgan fingerprint density at radius 1 is 0.805 bits per heavy atom. The maximum Gasteiger partial charge on any atom is 0.305 e. The molecule has 0 aliphatic rings. The van der Waals surface area contributed by atoms with Gasteiger partial charge in [-0.3, -0.25) is 19.4 Å². The van der Waals surface area contributed by atoms with Gasteiger partial charge in [0, 0.05) is 54.6 Å². The summed E-state index contributed by atoms with van der Waals surface area (Å²) < 4.78 is 0. The molecule has 3 aromatic carbocycles. The van der Waals surface area contributed by atoms with Crippen LogP contribution in [0.15, 0.2) is 104 Å². The van der Waals surface area contributed by atoms with Gasteiger partial charge in [-0.25, -0.2) is 0 Å². The van der Waals surface area contributed by atoms with E-state index in [-0.39, 0.29) is 24.8 Å². The van der Waals surface area contributed by atoms with E-state index in [1.165, 1.54) is 4.90 Å². The summed E-state index contributed by atoms with van der Waals surface area (Å²) in [7, 11) is 1.69. The first-order valence-electron chi connectivity index (χ1n) is 13.4. The Labute approximate surface area is 237 Å². The molecular formula is C33H30N4O4. The maximum absolute atomic E-state index is 14.0. The number of hydrogen-bond acceptors (Lipinski definition) is 4. The molecule has 8 nitrogen and oxygen atoms in total. The number of hydrogen-bond donors (Lipinski definition) is 2. The number of benzene rings is 3. The standard InChI is InChI=1S/C33H30N4O4/c1-36(24-9-8-18-34-22-24)32(40)28-13-4-2-11-26(28)27-12-3-5-14-29(27)33(41)37(20-17-31(38)39)19-16-23-21-35-30-15-7-6-10-25(23)30/h2-15,18,21-22,35H,16-17,19-20H2,1H3,(H,38,39). The number of amides is 2. The molecule has 2 N–H and O–H groups in total. The van der Waals surface area contributed by atoms with Gasteiger partial charge in [-0.1, -0.05) is 54.6 Å². The summed E-state index contributed by atoms with van der Waals surface area (Å²) in [6.45, 7) is 0.405. The van der Waals surface area contributed by atoms with E-state index in [0.29, 0.717) is 40.9 Å². The number of carbonyl (C=O) groups excluding carboxylic acids is 2. The molecule has 2 amide bonds. The van der Waals surface area contributed by atoms with Crippen LogP contribution in [-0.4, -0.2) is 57.9 Å². The average Bonchev–Trinajstić information content (AvgIpc) is 3.43. The third kappa shape index (κ3) is 6.01. The monoisotopic (exact) mass is 546 g/mol. The Balaban J connectivity index is 1.47. The number of aromatic nitrogens is 2. The number of pyridine rings is 1. The van der Waals surface area contributed by atoms with Crippen molar-refractivity contribution in [1.29, 1.82) is 0 Å². The van der Waals surface area contributed by atoms with Gasteiger partial charge in [-0.05, 0) is 53.4 Å². The van der Waals surface area contributed by atoms with E-state index in [1.807, 2.05) is 54.7 Å². The Hall–Kier alpha value is -5.24. The second-order valence-corrected chi connectivity index (χ2v) is 9.71. The lowest BCUT2D eigenvalue weighted by Crippen LogP contribution is -2.35. The molecule has 2 heterocycles. The first-order valence-corrected chi connectivity index (χ1v) is 13.4. The van der Waals surface area contributed by atoms with Crippen LogP contribution in [0.5, 0.6) is 0 Å². The van der Waals surface area contributed by atoms with Gasteiger partial charge >= 0.3 is 5.97 Å². The summed E-state index contributed by atoms with van der Waals surface area (Å²) in [4.78, 5) is 49.6. The lowest BCUT2D eigenvalue weighted by Gasteiger charge is -2.24. The normalized spacial score (nSPS) is 10.9. The quantitative estimate of drug-likeness (QED) is 0.235. The van der Waals surface area contributed by atoms with Crippen LogP contribution in [0, 0.1) is 0 Å². The van der Waals surface area contributed by atoms with Gasteiger partial charge < -0.3 is 19.9 Å². The highest BCUT2D eigenvalue weighted by atomic mass is 16.4. The molecule has 5 rings (SSSR count). The molecule has 206 valence electrons. The van der Waals surface area contributed by atoms with E-state index in [2.05, 4.69) is 9.97 Å². The summed E-state index contributed by atoms with van der Waals surface area (Å²) in [5.41, 5.74) is 4.77. The number of carboxylic acids is 1. The van der Waals surface area contributed by atoms with Crippen LogP contribution in [0.25, 0.3) is 22.0 Å². The van der Waals surface area contributed by atoms with Crippen LogP contribution in [0.3, 0.4) is 0 Å². The van der Waals surface area contributed by atoms with Crippen molar-refractivity contribution in [1.82, 2.24) is 14.9 Å². The number of carboxylic acid groups (broad SMARTS) is 1. The van der Waals surface area contributed by atoms with E-state index >= 15 is 0 Å². The molecule has 0 saturated heterocycles. The van der Waals surface area contributed by atoms with Crippen molar-refractivity contribution in [3.63, 3.8) is 0 Å². The number of carbonyl (C=O) groups is 3. The van der Waals surface area contributed by atoms with Crippen LogP contribution >= 0.6 is 0 Å². The number of para-hydroxylation sites is 1. The first kappa shape index (κ1) is 27.3. The third-order valence-electron chi connectivity index (χ3n) is 7.15.